The first-order chi connectivity index (χ1) is 17.8. The van der Waals surface area contributed by atoms with Gasteiger partial charge in [-0.2, -0.15) is 0 Å². The summed E-state index contributed by atoms with van der Waals surface area (Å²) in [6, 6.07) is 3.53. The quantitative estimate of drug-likeness (QED) is 0.216. The molecule has 2 aromatic rings. The minimum Gasteiger partial charge on any atom is -0.493 e. The zero-order valence-corrected chi connectivity index (χ0v) is 22.0. The van der Waals surface area contributed by atoms with Crippen LogP contribution in [0.3, 0.4) is 0 Å². The van der Waals surface area contributed by atoms with Gasteiger partial charge >= 0.3 is 5.97 Å². The van der Waals surface area contributed by atoms with E-state index < -0.39 is 0 Å². The van der Waals surface area contributed by atoms with E-state index in [-0.39, 0.29) is 25.1 Å². The number of quaternary nitrogens is 1. The second-order valence-electron chi connectivity index (χ2n) is 9.04. The summed E-state index contributed by atoms with van der Waals surface area (Å²) in [7, 11) is 9.51. The summed E-state index contributed by atoms with van der Waals surface area (Å²) in [4.78, 5) is 25.7. The Hall–Kier alpha value is -3.92. The Morgan fingerprint density at radius 2 is 1.62 bits per heavy atom. The maximum absolute atomic E-state index is 13.7. The molecule has 0 aliphatic carbocycles. The van der Waals surface area contributed by atoms with Gasteiger partial charge in [0.1, 0.15) is 6.54 Å². The lowest BCUT2D eigenvalue weighted by atomic mass is 9.88. The Kier molecular flexibility index (Phi) is 7.49. The average molecular weight is 515 g/mol. The van der Waals surface area contributed by atoms with Crippen LogP contribution in [-0.2, 0) is 22.5 Å². The van der Waals surface area contributed by atoms with Crippen molar-refractivity contribution in [3.8, 4) is 34.5 Å². The molecule has 1 atom stereocenters. The number of likely N-dealkylation sites (N-methyl/N-ethyl adjacent to an activating group) is 1. The van der Waals surface area contributed by atoms with E-state index in [1.54, 1.807) is 32.4 Å². The van der Waals surface area contributed by atoms with E-state index in [9.17, 15) is 9.59 Å². The zero-order chi connectivity index (χ0) is 26.7. The van der Waals surface area contributed by atoms with E-state index in [2.05, 4.69) is 0 Å². The lowest BCUT2D eigenvalue weighted by molar-refractivity contribution is -0.917. The normalized spacial score (nSPS) is 17.8. The molecule has 4 rings (SSSR count). The number of carbonyl (C=O) groups is 2. The van der Waals surface area contributed by atoms with Gasteiger partial charge in [-0.25, -0.2) is 4.79 Å². The van der Waals surface area contributed by atoms with E-state index in [0.29, 0.717) is 69.6 Å². The number of fused-ring (bicyclic) bond motifs is 2. The summed E-state index contributed by atoms with van der Waals surface area (Å²) in [5.74, 6) is 2.14. The van der Waals surface area contributed by atoms with Crippen molar-refractivity contribution < 1.29 is 47.2 Å². The van der Waals surface area contributed by atoms with E-state index in [4.69, 9.17) is 33.2 Å². The summed E-state index contributed by atoms with van der Waals surface area (Å²) < 4.78 is 38.9. The minimum atomic E-state index is -0.297. The number of ether oxygens (including phenoxy) is 7. The average Bonchev–Trinajstić information content (AvgIpc) is 3.38. The minimum absolute atomic E-state index is 0.0175. The van der Waals surface area contributed by atoms with Gasteiger partial charge in [0, 0.05) is 12.0 Å². The van der Waals surface area contributed by atoms with Crippen LogP contribution in [0.25, 0.3) is 6.08 Å². The van der Waals surface area contributed by atoms with E-state index in [0.717, 1.165) is 11.1 Å². The zero-order valence-electron chi connectivity index (χ0n) is 22.0. The summed E-state index contributed by atoms with van der Waals surface area (Å²) in [5, 5.41) is 0. The van der Waals surface area contributed by atoms with Gasteiger partial charge in [0.05, 0.1) is 60.3 Å². The summed E-state index contributed by atoms with van der Waals surface area (Å²) in [6.07, 6.45) is 3.69. The number of nitrogens with zero attached hydrogens (tertiary/aromatic N) is 1. The summed E-state index contributed by atoms with van der Waals surface area (Å²) in [6.45, 7) is 1.29. The predicted octanol–water partition coefficient (Wildman–Crippen LogP) is 3.02. The number of esters is 1. The molecule has 2 aliphatic rings. The van der Waals surface area contributed by atoms with Crippen molar-refractivity contribution in [3.05, 3.63) is 40.5 Å². The number of carbonyl (C=O) groups excluding carboxylic acids is 2. The number of ketones is 1. The fraction of sp³-hybridized carbons (Fsp3) is 0.407. The van der Waals surface area contributed by atoms with Crippen molar-refractivity contribution in [3.63, 3.8) is 0 Å². The van der Waals surface area contributed by atoms with Crippen LogP contribution in [0.5, 0.6) is 34.5 Å². The third-order valence-corrected chi connectivity index (χ3v) is 6.77. The molecule has 37 heavy (non-hydrogen) atoms. The maximum atomic E-state index is 13.7. The molecule has 0 aromatic heterocycles. The van der Waals surface area contributed by atoms with Crippen LogP contribution in [0.4, 0.5) is 0 Å². The molecule has 0 saturated carbocycles. The largest absolute Gasteiger partial charge is 0.493 e. The topological polar surface area (TPSA) is 98.8 Å². The first kappa shape index (κ1) is 26.2. The lowest BCUT2D eigenvalue weighted by Gasteiger charge is -2.38. The van der Waals surface area contributed by atoms with Gasteiger partial charge in [-0.15, -0.1) is 0 Å². The van der Waals surface area contributed by atoms with Gasteiger partial charge in [-0.3, -0.25) is 4.79 Å². The molecule has 0 N–H and O–H groups in total. The first-order valence-electron chi connectivity index (χ1n) is 11.7. The summed E-state index contributed by atoms with van der Waals surface area (Å²) >= 11 is 0. The Balaban J connectivity index is 1.77. The molecule has 10 nitrogen and oxygen atoms in total. The van der Waals surface area contributed by atoms with Gasteiger partial charge in [0.2, 0.25) is 18.3 Å². The highest BCUT2D eigenvalue weighted by Gasteiger charge is 2.40. The molecule has 1 unspecified atom stereocenters. The smallest absolute Gasteiger partial charge is 0.361 e. The van der Waals surface area contributed by atoms with Crippen molar-refractivity contribution in [2.45, 2.75) is 13.0 Å². The Bertz CT molecular complexity index is 1250. The van der Waals surface area contributed by atoms with Crippen LogP contribution in [0.15, 0.2) is 18.2 Å². The van der Waals surface area contributed by atoms with Crippen LogP contribution >= 0.6 is 0 Å². The molecule has 10 heteroatoms. The Labute approximate surface area is 215 Å². The van der Waals surface area contributed by atoms with E-state index in [1.165, 1.54) is 27.4 Å². The van der Waals surface area contributed by atoms with Crippen molar-refractivity contribution in [1.82, 2.24) is 0 Å². The van der Waals surface area contributed by atoms with Gasteiger partial charge < -0.3 is 37.6 Å². The number of methoxy groups -OCH3 is 5. The molecular weight excluding hydrogens is 482 g/mol. The molecule has 0 amide bonds. The van der Waals surface area contributed by atoms with Crippen molar-refractivity contribution in [2.24, 2.45) is 0 Å². The number of rotatable bonds is 9. The molecule has 2 aromatic carbocycles. The number of benzene rings is 2. The second kappa shape index (κ2) is 10.6. The van der Waals surface area contributed by atoms with Gasteiger partial charge in [0.25, 0.3) is 0 Å². The maximum Gasteiger partial charge on any atom is 0.361 e. The van der Waals surface area contributed by atoms with E-state index >= 15 is 0 Å². The number of allylic oxidation sites excluding steroid dienone is 1. The standard InChI is InChI=1S/C27H32NO9/c1-28(14-21(30)32-3)12-11-17-18(13-28)24(34-5)27-26(36-15-37-27)22(17)19(29)9-7-16-8-10-20(31-2)25(35-6)23(16)33-4/h7-10H,11-15H2,1-6H3/q+1. The Morgan fingerprint density at radius 1 is 0.919 bits per heavy atom. The molecule has 2 aliphatic heterocycles. The monoisotopic (exact) mass is 514 g/mol. The van der Waals surface area contributed by atoms with Crippen molar-refractivity contribution >= 4 is 17.8 Å². The number of hydrogen-bond acceptors (Lipinski definition) is 9. The molecule has 0 fully saturated rings. The van der Waals surface area contributed by atoms with Crippen molar-refractivity contribution in [2.75, 3.05) is 62.5 Å². The molecule has 0 bridgehead atoms. The molecule has 0 radical (unpaired) electrons. The molecular formula is C27H32NO9+. The van der Waals surface area contributed by atoms with Crippen LogP contribution in [-0.4, -0.2) is 78.7 Å². The number of hydrogen-bond donors (Lipinski definition) is 0. The SMILES string of the molecule is COC(=O)C[N+]1(C)CCc2c(c(OC)c3c(c2C(=O)C=Cc2ccc(OC)c(OC)c2OC)OCO3)C1. The van der Waals surface area contributed by atoms with Crippen LogP contribution in [0.2, 0.25) is 0 Å². The summed E-state index contributed by atoms with van der Waals surface area (Å²) in [5.41, 5.74) is 2.73. The highest BCUT2D eigenvalue weighted by atomic mass is 16.7. The third-order valence-electron chi connectivity index (χ3n) is 6.77. The second-order valence-corrected chi connectivity index (χ2v) is 9.04. The van der Waals surface area contributed by atoms with Gasteiger partial charge in [0.15, 0.2) is 35.3 Å². The fourth-order valence-corrected chi connectivity index (χ4v) is 4.97. The fourth-order valence-electron chi connectivity index (χ4n) is 4.97. The predicted molar refractivity (Wildman–Crippen MR) is 134 cm³/mol. The van der Waals surface area contributed by atoms with Crippen LogP contribution in [0.1, 0.15) is 27.0 Å². The van der Waals surface area contributed by atoms with Gasteiger partial charge in [-0.05, 0) is 29.8 Å². The van der Waals surface area contributed by atoms with E-state index in [1.807, 2.05) is 7.05 Å². The first-order valence-corrected chi connectivity index (χ1v) is 11.7. The van der Waals surface area contributed by atoms with Gasteiger partial charge in [-0.1, -0.05) is 0 Å². The highest BCUT2D eigenvalue weighted by molar-refractivity contribution is 6.11. The van der Waals surface area contributed by atoms with Crippen molar-refractivity contribution in [1.29, 1.82) is 0 Å². The molecule has 0 saturated heterocycles. The van der Waals surface area contributed by atoms with Crippen LogP contribution < -0.4 is 28.4 Å². The molecule has 198 valence electrons. The lowest BCUT2D eigenvalue weighted by Crippen LogP contribution is -2.51. The third kappa shape index (κ3) is 4.76. The molecule has 2 heterocycles. The van der Waals surface area contributed by atoms with Crippen LogP contribution in [0, 0.1) is 0 Å². The molecule has 0 spiro atoms. The highest BCUT2D eigenvalue weighted by Crippen LogP contribution is 2.50. The Morgan fingerprint density at radius 3 is 2.27 bits per heavy atom.